The number of benzene rings is 2. The summed E-state index contributed by atoms with van der Waals surface area (Å²) < 4.78 is 15.8. The van der Waals surface area contributed by atoms with Crippen molar-refractivity contribution in [3.8, 4) is 17.2 Å². The number of hydrogen-bond donors (Lipinski definition) is 1. The van der Waals surface area contributed by atoms with E-state index < -0.39 is 0 Å². The first-order chi connectivity index (χ1) is 13.6. The molecule has 148 valence electrons. The van der Waals surface area contributed by atoms with Crippen molar-refractivity contribution in [2.24, 2.45) is 0 Å². The van der Waals surface area contributed by atoms with Gasteiger partial charge in [-0.05, 0) is 30.2 Å². The Morgan fingerprint density at radius 1 is 1.04 bits per heavy atom. The topological polar surface area (TPSA) is 77.1 Å². The summed E-state index contributed by atoms with van der Waals surface area (Å²) in [6, 6.07) is 11.1. The molecular weight excluding hydrogens is 360 g/mol. The van der Waals surface area contributed by atoms with Gasteiger partial charge in [-0.3, -0.25) is 9.59 Å². The summed E-state index contributed by atoms with van der Waals surface area (Å²) in [6.45, 7) is 0.923. The summed E-state index contributed by atoms with van der Waals surface area (Å²) >= 11 is 0. The van der Waals surface area contributed by atoms with E-state index in [4.69, 9.17) is 14.2 Å². The molecule has 0 atom stereocenters. The Hall–Kier alpha value is -3.22. The van der Waals surface area contributed by atoms with Crippen LogP contribution in [0, 0.1) is 0 Å². The maximum Gasteiger partial charge on any atom is 0.251 e. The number of rotatable bonds is 7. The lowest BCUT2D eigenvalue weighted by Crippen LogP contribution is -2.33. The van der Waals surface area contributed by atoms with Crippen LogP contribution in [0.3, 0.4) is 0 Å². The molecule has 0 saturated carbocycles. The molecule has 0 unspecified atom stereocenters. The number of nitrogens with zero attached hydrogens (tertiary/aromatic N) is 1. The smallest absolute Gasteiger partial charge is 0.251 e. The van der Waals surface area contributed by atoms with Crippen LogP contribution in [-0.2, 0) is 11.2 Å². The SMILES string of the molecule is COc1cc(C(=O)NCCC(=O)N2CCc3ccccc32)cc(OC)c1OC. The van der Waals surface area contributed by atoms with E-state index in [0.717, 1.165) is 12.1 Å². The van der Waals surface area contributed by atoms with Gasteiger partial charge in [0.2, 0.25) is 11.7 Å². The summed E-state index contributed by atoms with van der Waals surface area (Å²) in [5.41, 5.74) is 2.51. The maximum atomic E-state index is 12.5. The lowest BCUT2D eigenvalue weighted by Gasteiger charge is -2.17. The first kappa shape index (κ1) is 19.5. The predicted octanol–water partition coefficient (Wildman–Crippen LogP) is 2.42. The van der Waals surface area contributed by atoms with Crippen LogP contribution in [0.1, 0.15) is 22.3 Å². The molecule has 2 aromatic rings. The van der Waals surface area contributed by atoms with Gasteiger partial charge < -0.3 is 24.4 Å². The molecule has 28 heavy (non-hydrogen) atoms. The molecule has 0 radical (unpaired) electrons. The fourth-order valence-corrected chi connectivity index (χ4v) is 3.33. The van der Waals surface area contributed by atoms with Crippen molar-refractivity contribution < 1.29 is 23.8 Å². The Labute approximate surface area is 164 Å². The third-order valence-corrected chi connectivity index (χ3v) is 4.74. The molecule has 2 amide bonds. The second kappa shape index (κ2) is 8.65. The largest absolute Gasteiger partial charge is 0.493 e. The van der Waals surface area contributed by atoms with Crippen molar-refractivity contribution in [1.82, 2.24) is 5.32 Å². The number of methoxy groups -OCH3 is 3. The van der Waals surface area contributed by atoms with Gasteiger partial charge >= 0.3 is 0 Å². The zero-order chi connectivity index (χ0) is 20.1. The van der Waals surface area contributed by atoms with Crippen molar-refractivity contribution in [1.29, 1.82) is 0 Å². The van der Waals surface area contributed by atoms with Crippen molar-refractivity contribution in [3.05, 3.63) is 47.5 Å². The number of carbonyl (C=O) groups is 2. The van der Waals surface area contributed by atoms with Gasteiger partial charge in [0.15, 0.2) is 11.5 Å². The second-order valence-electron chi connectivity index (χ2n) is 6.34. The van der Waals surface area contributed by atoms with Gasteiger partial charge in [0.1, 0.15) is 0 Å². The molecule has 0 saturated heterocycles. The van der Waals surface area contributed by atoms with Crippen LogP contribution in [0.25, 0.3) is 0 Å². The lowest BCUT2D eigenvalue weighted by atomic mass is 10.1. The van der Waals surface area contributed by atoms with Crippen molar-refractivity contribution >= 4 is 17.5 Å². The molecule has 0 spiro atoms. The molecule has 3 rings (SSSR count). The molecular formula is C21H24N2O5. The number of para-hydroxylation sites is 1. The highest BCUT2D eigenvalue weighted by atomic mass is 16.5. The molecule has 1 aliphatic heterocycles. The van der Waals surface area contributed by atoms with Crippen LogP contribution < -0.4 is 24.4 Å². The number of hydrogen-bond acceptors (Lipinski definition) is 5. The monoisotopic (exact) mass is 384 g/mol. The minimum Gasteiger partial charge on any atom is -0.493 e. The number of anilines is 1. The van der Waals surface area contributed by atoms with Crippen LogP contribution in [0.4, 0.5) is 5.69 Å². The van der Waals surface area contributed by atoms with Gasteiger partial charge in [-0.2, -0.15) is 0 Å². The first-order valence-electron chi connectivity index (χ1n) is 9.05. The summed E-state index contributed by atoms with van der Waals surface area (Å²) in [6.07, 6.45) is 1.09. The Kier molecular flexibility index (Phi) is 6.03. The van der Waals surface area contributed by atoms with Gasteiger partial charge in [-0.1, -0.05) is 18.2 Å². The Morgan fingerprint density at radius 3 is 2.36 bits per heavy atom. The van der Waals surface area contributed by atoms with Crippen molar-refractivity contribution in [2.45, 2.75) is 12.8 Å². The summed E-state index contributed by atoms with van der Waals surface area (Å²) in [4.78, 5) is 26.8. The van der Waals surface area contributed by atoms with E-state index in [1.807, 2.05) is 24.3 Å². The summed E-state index contributed by atoms with van der Waals surface area (Å²) in [5, 5.41) is 2.78. The lowest BCUT2D eigenvalue weighted by molar-refractivity contribution is -0.118. The third kappa shape index (κ3) is 3.88. The Morgan fingerprint density at radius 2 is 1.71 bits per heavy atom. The molecule has 0 aliphatic carbocycles. The van der Waals surface area contributed by atoms with Crippen molar-refractivity contribution in [3.63, 3.8) is 0 Å². The van der Waals surface area contributed by atoms with E-state index in [2.05, 4.69) is 5.32 Å². The van der Waals surface area contributed by atoms with Crippen LogP contribution >= 0.6 is 0 Å². The average Bonchev–Trinajstić information content (AvgIpc) is 3.16. The van der Waals surface area contributed by atoms with Gasteiger partial charge in [0.25, 0.3) is 5.91 Å². The summed E-state index contributed by atoms with van der Waals surface area (Å²) in [7, 11) is 4.49. The van der Waals surface area contributed by atoms with E-state index in [-0.39, 0.29) is 24.8 Å². The van der Waals surface area contributed by atoms with Gasteiger partial charge in [0.05, 0.1) is 21.3 Å². The van der Waals surface area contributed by atoms with Gasteiger partial charge in [-0.15, -0.1) is 0 Å². The highest BCUT2D eigenvalue weighted by molar-refractivity contribution is 5.97. The molecule has 0 aromatic heterocycles. The second-order valence-corrected chi connectivity index (χ2v) is 6.34. The standard InChI is InChI=1S/C21H24N2O5/c1-26-17-12-15(13-18(27-2)20(17)28-3)21(25)22-10-8-19(24)23-11-9-14-6-4-5-7-16(14)23/h4-7,12-13H,8-11H2,1-3H3,(H,22,25). The summed E-state index contributed by atoms with van der Waals surface area (Å²) in [5.74, 6) is 0.905. The van der Waals surface area contributed by atoms with E-state index in [9.17, 15) is 9.59 Å². The molecule has 7 nitrogen and oxygen atoms in total. The fraction of sp³-hybridized carbons (Fsp3) is 0.333. The van der Waals surface area contributed by atoms with Crippen LogP contribution in [0.5, 0.6) is 17.2 Å². The third-order valence-electron chi connectivity index (χ3n) is 4.74. The molecule has 0 fully saturated rings. The van der Waals surface area contributed by atoms with E-state index >= 15 is 0 Å². The maximum absolute atomic E-state index is 12.5. The Bertz CT molecular complexity index is 856. The number of amides is 2. The molecule has 0 bridgehead atoms. The normalized spacial score (nSPS) is 12.3. The van der Waals surface area contributed by atoms with E-state index in [1.165, 1.54) is 26.9 Å². The van der Waals surface area contributed by atoms with Crippen LogP contribution in [0.2, 0.25) is 0 Å². The number of ether oxygens (including phenoxy) is 3. The predicted molar refractivity (Wildman–Crippen MR) is 106 cm³/mol. The van der Waals surface area contributed by atoms with Crippen molar-refractivity contribution in [2.75, 3.05) is 39.3 Å². The fourth-order valence-electron chi connectivity index (χ4n) is 3.33. The zero-order valence-electron chi connectivity index (χ0n) is 16.3. The van der Waals surface area contributed by atoms with Gasteiger partial charge in [-0.25, -0.2) is 0 Å². The molecule has 1 heterocycles. The number of carbonyl (C=O) groups excluding carboxylic acids is 2. The van der Waals surface area contributed by atoms with Crippen LogP contribution in [0.15, 0.2) is 36.4 Å². The number of fused-ring (bicyclic) bond motifs is 1. The highest BCUT2D eigenvalue weighted by Gasteiger charge is 2.24. The van der Waals surface area contributed by atoms with E-state index in [0.29, 0.717) is 29.4 Å². The van der Waals surface area contributed by atoms with Crippen LogP contribution in [-0.4, -0.2) is 46.2 Å². The van der Waals surface area contributed by atoms with E-state index in [1.54, 1.807) is 17.0 Å². The quantitative estimate of drug-likeness (QED) is 0.793. The molecule has 7 heteroatoms. The first-order valence-corrected chi connectivity index (χ1v) is 9.05. The molecule has 1 aliphatic rings. The number of nitrogens with one attached hydrogen (secondary N) is 1. The molecule has 1 N–H and O–H groups in total. The highest BCUT2D eigenvalue weighted by Crippen LogP contribution is 2.38. The Balaban J connectivity index is 1.61. The minimum atomic E-state index is -0.311. The van der Waals surface area contributed by atoms with Gasteiger partial charge in [0, 0.05) is 30.8 Å². The minimum absolute atomic E-state index is 0.00450. The molecule has 2 aromatic carbocycles. The average molecular weight is 384 g/mol. The zero-order valence-corrected chi connectivity index (χ0v) is 16.3.